The lowest BCUT2D eigenvalue weighted by Gasteiger charge is -2.15. The van der Waals surface area contributed by atoms with E-state index in [0.717, 1.165) is 27.8 Å². The van der Waals surface area contributed by atoms with Gasteiger partial charge in [0.05, 0.1) is 18.6 Å². The Morgan fingerprint density at radius 2 is 1.70 bits per heavy atom. The van der Waals surface area contributed by atoms with Crippen molar-refractivity contribution in [1.29, 1.82) is 0 Å². The quantitative estimate of drug-likeness (QED) is 0.270. The maximum atomic E-state index is 13.0. The summed E-state index contributed by atoms with van der Waals surface area (Å²) in [6.45, 7) is 4.08. The van der Waals surface area contributed by atoms with Crippen LogP contribution in [0.5, 0.6) is 17.2 Å². The number of nitrogens with zero attached hydrogens (tertiary/aromatic N) is 1. The number of rotatable bonds is 9. The number of ether oxygens (including phenoxy) is 2. The second-order valence-electron chi connectivity index (χ2n) is 8.18. The lowest BCUT2D eigenvalue weighted by atomic mass is 10.1. The predicted octanol–water partition coefficient (Wildman–Crippen LogP) is 5.20. The number of carbonyl (C=O) groups is 2. The molecule has 1 aliphatic heterocycles. The van der Waals surface area contributed by atoms with Crippen LogP contribution in [-0.2, 0) is 14.9 Å². The van der Waals surface area contributed by atoms with Crippen LogP contribution in [0.25, 0.3) is 6.08 Å². The van der Waals surface area contributed by atoms with Gasteiger partial charge in [0.1, 0.15) is 17.3 Å². The van der Waals surface area contributed by atoms with Crippen LogP contribution in [-0.4, -0.2) is 44.7 Å². The number of thioether (sulfide) groups is 1. The van der Waals surface area contributed by atoms with Crippen LogP contribution >= 0.6 is 11.8 Å². The summed E-state index contributed by atoms with van der Waals surface area (Å²) in [6.07, 6.45) is 1.43. The van der Waals surface area contributed by atoms with Crippen molar-refractivity contribution in [2.75, 3.05) is 20.3 Å². The molecule has 1 saturated heterocycles. The third kappa shape index (κ3) is 5.98. The molecule has 10 heteroatoms. The fraction of sp³-hybridized carbons (Fsp3) is 0.185. The van der Waals surface area contributed by atoms with Crippen LogP contribution in [0.4, 0.5) is 4.79 Å². The maximum Gasteiger partial charge on any atom is 0.339 e. The average Bonchev–Trinajstić information content (AvgIpc) is 3.14. The lowest BCUT2D eigenvalue weighted by molar-refractivity contribution is -0.123. The van der Waals surface area contributed by atoms with Gasteiger partial charge in [0.25, 0.3) is 11.1 Å². The molecule has 0 saturated carbocycles. The molecule has 0 atom stereocenters. The normalized spacial score (nSPS) is 14.8. The summed E-state index contributed by atoms with van der Waals surface area (Å²) in [6, 6.07) is 18.3. The van der Waals surface area contributed by atoms with Crippen molar-refractivity contribution >= 4 is 39.1 Å². The van der Waals surface area contributed by atoms with Gasteiger partial charge in [-0.2, -0.15) is 8.42 Å². The van der Waals surface area contributed by atoms with Crippen LogP contribution in [0.1, 0.15) is 16.7 Å². The van der Waals surface area contributed by atoms with Crippen molar-refractivity contribution < 1.29 is 31.7 Å². The number of hydrogen-bond acceptors (Lipinski definition) is 8. The van der Waals surface area contributed by atoms with E-state index in [4.69, 9.17) is 13.7 Å². The highest BCUT2D eigenvalue weighted by molar-refractivity contribution is 8.18. The highest BCUT2D eigenvalue weighted by Gasteiger charge is 2.35. The van der Waals surface area contributed by atoms with E-state index in [0.29, 0.717) is 5.75 Å². The standard InChI is InChI=1S/C27H25NO7S2/c1-18-12-13-19(2)23(16-18)34-15-14-28-26(29)24(36-27(28)30)17-20-8-7-11-22(33-3)25(20)35-37(31,32)21-9-5-4-6-10-21/h4-13,16-17H,14-15H2,1-3H3/b24-17-. The Labute approximate surface area is 220 Å². The average molecular weight is 540 g/mol. The van der Waals surface area contributed by atoms with E-state index < -0.39 is 21.3 Å². The molecule has 3 aromatic rings. The molecule has 1 aliphatic rings. The Morgan fingerprint density at radius 3 is 2.43 bits per heavy atom. The Hall–Kier alpha value is -3.76. The SMILES string of the molecule is COc1cccc(/C=C2\SC(=O)N(CCOc3cc(C)ccc3C)C2=O)c1OS(=O)(=O)c1ccccc1. The molecule has 1 fully saturated rings. The van der Waals surface area contributed by atoms with Crippen molar-refractivity contribution in [2.45, 2.75) is 18.7 Å². The summed E-state index contributed by atoms with van der Waals surface area (Å²) in [5, 5.41) is -0.442. The first-order valence-corrected chi connectivity index (χ1v) is 13.5. The number of amides is 2. The van der Waals surface area contributed by atoms with Gasteiger partial charge < -0.3 is 13.7 Å². The molecule has 0 radical (unpaired) electrons. The third-order valence-electron chi connectivity index (χ3n) is 5.53. The van der Waals surface area contributed by atoms with Crippen LogP contribution < -0.4 is 13.7 Å². The molecule has 3 aromatic carbocycles. The second kappa shape index (κ2) is 11.1. The van der Waals surface area contributed by atoms with Crippen molar-refractivity contribution in [3.8, 4) is 17.2 Å². The Morgan fingerprint density at radius 1 is 0.946 bits per heavy atom. The van der Waals surface area contributed by atoms with E-state index in [1.54, 1.807) is 36.4 Å². The van der Waals surface area contributed by atoms with Gasteiger partial charge in [-0.1, -0.05) is 42.5 Å². The van der Waals surface area contributed by atoms with Gasteiger partial charge in [0, 0.05) is 5.56 Å². The minimum absolute atomic E-state index is 0.0315. The summed E-state index contributed by atoms with van der Waals surface area (Å²) in [5.41, 5.74) is 2.27. The number of carbonyl (C=O) groups excluding carboxylic acids is 2. The summed E-state index contributed by atoms with van der Waals surface area (Å²) >= 11 is 0.762. The van der Waals surface area contributed by atoms with Gasteiger partial charge in [0.15, 0.2) is 11.5 Å². The molecule has 4 rings (SSSR count). The number of para-hydroxylation sites is 1. The monoisotopic (exact) mass is 539 g/mol. The molecule has 192 valence electrons. The van der Waals surface area contributed by atoms with E-state index in [2.05, 4.69) is 0 Å². The fourth-order valence-corrected chi connectivity index (χ4v) is 5.43. The highest BCUT2D eigenvalue weighted by Crippen LogP contribution is 2.38. The van der Waals surface area contributed by atoms with Crippen molar-refractivity contribution in [3.63, 3.8) is 0 Å². The molecule has 0 N–H and O–H groups in total. The number of benzene rings is 3. The van der Waals surface area contributed by atoms with Crippen molar-refractivity contribution in [3.05, 3.63) is 88.3 Å². The predicted molar refractivity (Wildman–Crippen MR) is 141 cm³/mol. The molecule has 0 bridgehead atoms. The molecule has 0 aromatic heterocycles. The number of aryl methyl sites for hydroxylation is 2. The van der Waals surface area contributed by atoms with Crippen molar-refractivity contribution in [2.24, 2.45) is 0 Å². The van der Waals surface area contributed by atoms with Gasteiger partial charge in [0.2, 0.25) is 0 Å². The van der Waals surface area contributed by atoms with Gasteiger partial charge >= 0.3 is 10.1 Å². The first-order chi connectivity index (χ1) is 17.7. The van der Waals surface area contributed by atoms with Crippen LogP contribution in [0, 0.1) is 13.8 Å². The molecule has 8 nitrogen and oxygen atoms in total. The van der Waals surface area contributed by atoms with Gasteiger partial charge in [-0.05, 0) is 67.1 Å². The van der Waals surface area contributed by atoms with Gasteiger partial charge in [-0.3, -0.25) is 14.5 Å². The van der Waals surface area contributed by atoms with Gasteiger partial charge in [-0.25, -0.2) is 0 Å². The smallest absolute Gasteiger partial charge is 0.339 e. The summed E-state index contributed by atoms with van der Waals surface area (Å²) in [7, 11) is -2.80. The Bertz CT molecular complexity index is 1470. The molecule has 0 aliphatic carbocycles. The number of methoxy groups -OCH3 is 1. The van der Waals surface area contributed by atoms with Crippen molar-refractivity contribution in [1.82, 2.24) is 4.90 Å². The third-order valence-corrected chi connectivity index (χ3v) is 7.67. The zero-order valence-electron chi connectivity index (χ0n) is 20.5. The van der Waals surface area contributed by atoms with E-state index in [1.165, 1.54) is 25.3 Å². The summed E-state index contributed by atoms with van der Waals surface area (Å²) in [5.74, 6) is 0.271. The molecule has 37 heavy (non-hydrogen) atoms. The molecule has 1 heterocycles. The highest BCUT2D eigenvalue weighted by atomic mass is 32.2. The minimum Gasteiger partial charge on any atom is -0.493 e. The zero-order chi connectivity index (χ0) is 26.6. The lowest BCUT2D eigenvalue weighted by Crippen LogP contribution is -2.32. The number of imide groups is 1. The molecular formula is C27H25NO7S2. The summed E-state index contributed by atoms with van der Waals surface area (Å²) in [4.78, 5) is 26.8. The topological polar surface area (TPSA) is 99.2 Å². The maximum absolute atomic E-state index is 13.0. The van der Waals surface area contributed by atoms with E-state index in [9.17, 15) is 18.0 Å². The fourth-order valence-electron chi connectivity index (χ4n) is 3.59. The number of hydrogen-bond donors (Lipinski definition) is 0. The second-order valence-corrected chi connectivity index (χ2v) is 10.7. The van der Waals surface area contributed by atoms with Crippen LogP contribution in [0.3, 0.4) is 0 Å². The van der Waals surface area contributed by atoms with Crippen LogP contribution in [0.15, 0.2) is 76.5 Å². The van der Waals surface area contributed by atoms with Gasteiger partial charge in [-0.15, -0.1) is 0 Å². The molecule has 2 amide bonds. The molecular weight excluding hydrogens is 514 g/mol. The molecule has 0 spiro atoms. The summed E-state index contributed by atoms with van der Waals surface area (Å²) < 4.78 is 42.3. The first-order valence-electron chi connectivity index (χ1n) is 11.3. The first kappa shape index (κ1) is 26.3. The Balaban J connectivity index is 1.55. The van der Waals surface area contributed by atoms with Crippen LogP contribution in [0.2, 0.25) is 0 Å². The van der Waals surface area contributed by atoms with E-state index >= 15 is 0 Å². The minimum atomic E-state index is -4.18. The largest absolute Gasteiger partial charge is 0.493 e. The van der Waals surface area contributed by atoms with E-state index in [-0.39, 0.29) is 40.0 Å². The van der Waals surface area contributed by atoms with E-state index in [1.807, 2.05) is 32.0 Å². The molecule has 0 unspecified atom stereocenters. The Kier molecular flexibility index (Phi) is 7.89. The zero-order valence-corrected chi connectivity index (χ0v) is 22.1.